The molecule has 0 unspecified atom stereocenters. The predicted octanol–water partition coefficient (Wildman–Crippen LogP) is 1.56. The summed E-state index contributed by atoms with van der Waals surface area (Å²) in [6.45, 7) is 1.94. The predicted molar refractivity (Wildman–Crippen MR) is 69.2 cm³/mol. The Labute approximate surface area is 109 Å². The fourth-order valence-electron chi connectivity index (χ4n) is 2.98. The molecule has 2 rings (SSSR count). The molecule has 0 aromatic rings. The van der Waals surface area contributed by atoms with E-state index < -0.39 is 12.1 Å². The molecule has 0 aromatic carbocycles. The summed E-state index contributed by atoms with van der Waals surface area (Å²) in [4.78, 5) is 14.1. The molecule has 1 heterocycles. The van der Waals surface area contributed by atoms with Gasteiger partial charge in [-0.2, -0.15) is 0 Å². The number of hydrogen-bond donors (Lipinski definition) is 1. The molecule has 2 fully saturated rings. The second-order valence-corrected chi connectivity index (χ2v) is 5.78. The molecule has 18 heavy (non-hydrogen) atoms. The smallest absolute Gasteiger partial charge is 0.335 e. The second-order valence-electron chi connectivity index (χ2n) is 5.78. The van der Waals surface area contributed by atoms with Gasteiger partial charge in [0.15, 0.2) is 6.10 Å². The molecular weight excluding hydrogens is 230 g/mol. The van der Waals surface area contributed by atoms with E-state index in [1.165, 1.54) is 6.42 Å². The van der Waals surface area contributed by atoms with Crippen LogP contribution in [0.3, 0.4) is 0 Å². The van der Waals surface area contributed by atoms with Crippen LogP contribution in [0.25, 0.3) is 0 Å². The van der Waals surface area contributed by atoms with Crippen LogP contribution < -0.4 is 0 Å². The molecule has 0 radical (unpaired) electrons. The van der Waals surface area contributed by atoms with Crippen LogP contribution in [0.1, 0.15) is 44.9 Å². The van der Waals surface area contributed by atoms with Crippen molar-refractivity contribution in [1.82, 2.24) is 4.90 Å². The van der Waals surface area contributed by atoms with E-state index in [0.717, 1.165) is 51.6 Å². The van der Waals surface area contributed by atoms with E-state index in [1.54, 1.807) is 0 Å². The summed E-state index contributed by atoms with van der Waals surface area (Å²) in [6.07, 6.45) is 6.30. The van der Waals surface area contributed by atoms with E-state index in [4.69, 9.17) is 4.74 Å². The Morgan fingerprint density at radius 3 is 2.39 bits per heavy atom. The Hall–Kier alpha value is -0.610. The fraction of sp³-hybridized carbons (Fsp3) is 0.929. The van der Waals surface area contributed by atoms with Gasteiger partial charge in [-0.15, -0.1) is 0 Å². The van der Waals surface area contributed by atoms with Crippen LogP contribution >= 0.6 is 0 Å². The zero-order valence-corrected chi connectivity index (χ0v) is 11.3. The number of ether oxygens (including phenoxy) is 1. The first-order chi connectivity index (χ1) is 8.66. The molecule has 1 aliphatic heterocycles. The minimum atomic E-state index is -0.898. The molecule has 1 saturated carbocycles. The third kappa shape index (κ3) is 3.69. The highest BCUT2D eigenvalue weighted by atomic mass is 16.6. The quantitative estimate of drug-likeness (QED) is 0.778. The van der Waals surface area contributed by atoms with E-state index in [0.29, 0.717) is 0 Å². The second kappa shape index (κ2) is 6.53. The third-order valence-electron chi connectivity index (χ3n) is 4.29. The topological polar surface area (TPSA) is 49.8 Å². The molecular formula is C14H25NO3. The van der Waals surface area contributed by atoms with Crippen LogP contribution in [0.5, 0.6) is 0 Å². The molecule has 0 bridgehead atoms. The summed E-state index contributed by atoms with van der Waals surface area (Å²) < 4.78 is 5.44. The van der Waals surface area contributed by atoms with Gasteiger partial charge in [0.25, 0.3) is 0 Å². The van der Waals surface area contributed by atoms with E-state index in [-0.39, 0.29) is 12.0 Å². The van der Waals surface area contributed by atoms with Crippen LogP contribution in [0.15, 0.2) is 0 Å². The minimum Gasteiger partial charge on any atom is -0.460 e. The normalized spacial score (nSPS) is 25.9. The van der Waals surface area contributed by atoms with Crippen molar-refractivity contribution in [3.63, 3.8) is 0 Å². The molecule has 4 heteroatoms. The van der Waals surface area contributed by atoms with Crippen LogP contribution in [-0.4, -0.2) is 48.3 Å². The Kier molecular flexibility index (Phi) is 5.01. The molecule has 104 valence electrons. The van der Waals surface area contributed by atoms with Gasteiger partial charge >= 0.3 is 5.97 Å². The van der Waals surface area contributed by atoms with E-state index in [2.05, 4.69) is 11.9 Å². The van der Waals surface area contributed by atoms with E-state index in [9.17, 15) is 9.90 Å². The van der Waals surface area contributed by atoms with Crippen molar-refractivity contribution in [1.29, 1.82) is 0 Å². The maximum Gasteiger partial charge on any atom is 0.335 e. The summed E-state index contributed by atoms with van der Waals surface area (Å²) in [7, 11) is 2.08. The number of aliphatic hydroxyl groups is 1. The summed E-state index contributed by atoms with van der Waals surface area (Å²) in [5, 5.41) is 10.0. The first-order valence-electron chi connectivity index (χ1n) is 7.24. The lowest BCUT2D eigenvalue weighted by molar-refractivity contribution is -0.164. The van der Waals surface area contributed by atoms with Crippen molar-refractivity contribution in [2.45, 2.75) is 57.2 Å². The third-order valence-corrected chi connectivity index (χ3v) is 4.29. The Balaban J connectivity index is 1.76. The standard InChI is InChI=1S/C14H25NO3/c1-15-9-7-12(8-10-15)18-14(17)13(16)11-5-3-2-4-6-11/h11-13,16H,2-10H2,1H3/t13-/m0/s1. The van der Waals surface area contributed by atoms with Gasteiger partial charge < -0.3 is 14.7 Å². The number of esters is 1. The van der Waals surface area contributed by atoms with Crippen molar-refractivity contribution in [2.75, 3.05) is 20.1 Å². The molecule has 2 aliphatic rings. The molecule has 1 atom stereocenters. The number of likely N-dealkylation sites (tertiary alicyclic amines) is 1. The maximum atomic E-state index is 11.9. The summed E-state index contributed by atoms with van der Waals surface area (Å²) >= 11 is 0. The zero-order valence-electron chi connectivity index (χ0n) is 11.3. The van der Waals surface area contributed by atoms with Crippen LogP contribution in [0, 0.1) is 5.92 Å². The average molecular weight is 255 g/mol. The highest BCUT2D eigenvalue weighted by Crippen LogP contribution is 2.27. The van der Waals surface area contributed by atoms with Crippen molar-refractivity contribution in [3.05, 3.63) is 0 Å². The lowest BCUT2D eigenvalue weighted by Crippen LogP contribution is -2.39. The van der Waals surface area contributed by atoms with Crippen molar-refractivity contribution < 1.29 is 14.6 Å². The molecule has 1 N–H and O–H groups in total. The van der Waals surface area contributed by atoms with Gasteiger partial charge in [0, 0.05) is 13.1 Å². The largest absolute Gasteiger partial charge is 0.460 e. The molecule has 0 aromatic heterocycles. The molecule has 1 saturated heterocycles. The number of carbonyl (C=O) groups is 1. The number of hydrogen-bond acceptors (Lipinski definition) is 4. The fourth-order valence-corrected chi connectivity index (χ4v) is 2.98. The van der Waals surface area contributed by atoms with Gasteiger partial charge in [0.05, 0.1) is 0 Å². The minimum absolute atomic E-state index is 0.00643. The van der Waals surface area contributed by atoms with Gasteiger partial charge in [0.2, 0.25) is 0 Å². The summed E-state index contributed by atoms with van der Waals surface area (Å²) in [5.74, 6) is -0.269. The average Bonchev–Trinajstić information content (AvgIpc) is 2.41. The van der Waals surface area contributed by atoms with Gasteiger partial charge in [-0.3, -0.25) is 0 Å². The summed E-state index contributed by atoms with van der Waals surface area (Å²) in [5.41, 5.74) is 0. The highest BCUT2D eigenvalue weighted by molar-refractivity contribution is 5.75. The Morgan fingerprint density at radius 2 is 1.78 bits per heavy atom. The first-order valence-corrected chi connectivity index (χ1v) is 7.24. The molecule has 1 aliphatic carbocycles. The monoisotopic (exact) mass is 255 g/mol. The maximum absolute atomic E-state index is 11.9. The Bertz CT molecular complexity index is 268. The number of aliphatic hydroxyl groups excluding tert-OH is 1. The highest BCUT2D eigenvalue weighted by Gasteiger charge is 2.31. The van der Waals surface area contributed by atoms with Crippen molar-refractivity contribution in [3.8, 4) is 0 Å². The molecule has 4 nitrogen and oxygen atoms in total. The van der Waals surface area contributed by atoms with Crippen LogP contribution in [0.4, 0.5) is 0 Å². The molecule has 0 amide bonds. The SMILES string of the molecule is CN1CCC(OC(=O)[C@@H](O)C2CCCCC2)CC1. The molecule has 0 spiro atoms. The van der Waals surface area contributed by atoms with E-state index >= 15 is 0 Å². The van der Waals surface area contributed by atoms with Crippen molar-refractivity contribution >= 4 is 5.97 Å². The lowest BCUT2D eigenvalue weighted by Gasteiger charge is -2.31. The van der Waals surface area contributed by atoms with E-state index in [1.807, 2.05) is 0 Å². The Morgan fingerprint density at radius 1 is 1.17 bits per heavy atom. The van der Waals surface area contributed by atoms with Crippen LogP contribution in [0.2, 0.25) is 0 Å². The van der Waals surface area contributed by atoms with Gasteiger partial charge in [0.1, 0.15) is 6.10 Å². The number of rotatable bonds is 3. The van der Waals surface area contributed by atoms with Gasteiger partial charge in [-0.05, 0) is 38.6 Å². The lowest BCUT2D eigenvalue weighted by atomic mass is 9.85. The summed E-state index contributed by atoms with van der Waals surface area (Å²) in [6, 6.07) is 0. The van der Waals surface area contributed by atoms with Crippen LogP contribution in [-0.2, 0) is 9.53 Å². The number of nitrogens with zero attached hydrogens (tertiary/aromatic N) is 1. The number of piperidine rings is 1. The zero-order chi connectivity index (χ0) is 13.0. The first kappa shape index (κ1) is 13.8. The van der Waals surface area contributed by atoms with Gasteiger partial charge in [-0.25, -0.2) is 4.79 Å². The van der Waals surface area contributed by atoms with Gasteiger partial charge in [-0.1, -0.05) is 19.3 Å². The number of carbonyl (C=O) groups excluding carboxylic acids is 1. The van der Waals surface area contributed by atoms with Crippen molar-refractivity contribution in [2.24, 2.45) is 5.92 Å².